The number of anilines is 2. The Hall–Kier alpha value is -1.72. The predicted molar refractivity (Wildman–Crippen MR) is 53.5 cm³/mol. The van der Waals surface area contributed by atoms with Crippen molar-refractivity contribution < 1.29 is 0 Å². The summed E-state index contributed by atoms with van der Waals surface area (Å²) in [5, 5.41) is 2.99. The first kappa shape index (κ1) is 8.86. The van der Waals surface area contributed by atoms with Crippen LogP contribution in [0.5, 0.6) is 0 Å². The van der Waals surface area contributed by atoms with Gasteiger partial charge in [0.25, 0.3) is 5.56 Å². The maximum atomic E-state index is 11.4. The van der Waals surface area contributed by atoms with E-state index in [1.54, 1.807) is 0 Å². The van der Waals surface area contributed by atoms with Gasteiger partial charge in [0.05, 0.1) is 0 Å². The van der Waals surface area contributed by atoms with Crippen molar-refractivity contribution in [1.29, 1.82) is 0 Å². The van der Waals surface area contributed by atoms with Gasteiger partial charge in [0.1, 0.15) is 11.5 Å². The van der Waals surface area contributed by atoms with Crippen LogP contribution in [0.1, 0.15) is 12.8 Å². The second-order valence-corrected chi connectivity index (χ2v) is 3.31. The van der Waals surface area contributed by atoms with E-state index in [4.69, 9.17) is 5.73 Å². The van der Waals surface area contributed by atoms with E-state index in [2.05, 4.69) is 10.3 Å². The fourth-order valence-corrected chi connectivity index (χ4v) is 1.59. The highest BCUT2D eigenvalue weighted by Crippen LogP contribution is 2.14. The summed E-state index contributed by atoms with van der Waals surface area (Å²) in [5.74, 6) is 0.455. The van der Waals surface area contributed by atoms with E-state index in [-0.39, 0.29) is 5.69 Å². The average Bonchev–Trinajstić information content (AvgIpc) is 2.39. The van der Waals surface area contributed by atoms with E-state index in [0.29, 0.717) is 12.4 Å². The van der Waals surface area contributed by atoms with Crippen molar-refractivity contribution in [3.8, 4) is 0 Å². The monoisotopic (exact) mass is 196 g/mol. The quantitative estimate of drug-likeness (QED) is 0.512. The zero-order valence-electron chi connectivity index (χ0n) is 7.67. The number of nitrogen functional groups attached to an aromatic ring is 1. The van der Waals surface area contributed by atoms with Gasteiger partial charge in [0, 0.05) is 13.1 Å². The summed E-state index contributed by atoms with van der Waals surface area (Å²) in [6.07, 6.45) is 1.88. The second-order valence-electron chi connectivity index (χ2n) is 3.31. The largest absolute Gasteiger partial charge is 0.391 e. The van der Waals surface area contributed by atoms with Crippen molar-refractivity contribution in [3.63, 3.8) is 0 Å². The Kier molecular flexibility index (Phi) is 2.03. The summed E-state index contributed by atoms with van der Waals surface area (Å²) >= 11 is 0. The Labute approximate surface area is 79.7 Å². The molecule has 0 amide bonds. The Morgan fingerprint density at radius 3 is 2.86 bits per heavy atom. The van der Waals surface area contributed by atoms with Crippen molar-refractivity contribution in [1.82, 2.24) is 9.55 Å². The number of rotatable bonds is 0. The highest BCUT2D eigenvalue weighted by atomic mass is 16.2. The first-order chi connectivity index (χ1) is 6.70. The molecule has 0 bridgehead atoms. The molecule has 0 aliphatic carbocycles. The van der Waals surface area contributed by atoms with Gasteiger partial charge in [-0.05, 0) is 12.8 Å². The van der Waals surface area contributed by atoms with Crippen molar-refractivity contribution in [3.05, 3.63) is 20.8 Å². The number of aromatic amines is 1. The first-order valence-electron chi connectivity index (χ1n) is 4.56. The van der Waals surface area contributed by atoms with Crippen LogP contribution in [0, 0.1) is 0 Å². The first-order valence-corrected chi connectivity index (χ1v) is 4.56. The molecule has 0 radical (unpaired) electrons. The Bertz CT molecular complexity index is 459. The number of fused-ring (bicyclic) bond motifs is 1. The van der Waals surface area contributed by atoms with E-state index in [0.717, 1.165) is 19.4 Å². The molecule has 1 aromatic heterocycles. The summed E-state index contributed by atoms with van der Waals surface area (Å²) in [6.45, 7) is 1.34. The molecular formula is C8H12N4O2. The molecule has 1 aliphatic heterocycles. The zero-order chi connectivity index (χ0) is 10.1. The molecule has 0 aromatic carbocycles. The maximum absolute atomic E-state index is 11.4. The van der Waals surface area contributed by atoms with Crippen molar-refractivity contribution in [2.45, 2.75) is 19.4 Å². The van der Waals surface area contributed by atoms with Crippen LogP contribution in [-0.4, -0.2) is 16.1 Å². The summed E-state index contributed by atoms with van der Waals surface area (Å²) in [7, 11) is 0. The number of hydrogen-bond acceptors (Lipinski definition) is 4. The Morgan fingerprint density at radius 2 is 2.07 bits per heavy atom. The molecule has 4 N–H and O–H groups in total. The van der Waals surface area contributed by atoms with Crippen LogP contribution in [0.3, 0.4) is 0 Å². The van der Waals surface area contributed by atoms with Crippen LogP contribution >= 0.6 is 0 Å². The van der Waals surface area contributed by atoms with E-state index in [1.165, 1.54) is 4.57 Å². The number of hydrogen-bond donors (Lipinski definition) is 3. The van der Waals surface area contributed by atoms with E-state index >= 15 is 0 Å². The van der Waals surface area contributed by atoms with Gasteiger partial charge in [0.15, 0.2) is 0 Å². The summed E-state index contributed by atoms with van der Waals surface area (Å²) in [4.78, 5) is 24.8. The van der Waals surface area contributed by atoms with Crippen LogP contribution in [0.2, 0.25) is 0 Å². The predicted octanol–water partition coefficient (Wildman–Crippen LogP) is -0.676. The summed E-state index contributed by atoms with van der Waals surface area (Å²) < 4.78 is 1.48. The molecule has 14 heavy (non-hydrogen) atoms. The lowest BCUT2D eigenvalue weighted by Gasteiger charge is -2.10. The number of H-pyrrole nitrogens is 1. The number of aromatic nitrogens is 2. The van der Waals surface area contributed by atoms with E-state index in [9.17, 15) is 9.59 Å². The van der Waals surface area contributed by atoms with Gasteiger partial charge in [-0.15, -0.1) is 0 Å². The molecule has 0 atom stereocenters. The van der Waals surface area contributed by atoms with E-state index < -0.39 is 11.2 Å². The van der Waals surface area contributed by atoms with Gasteiger partial charge >= 0.3 is 5.69 Å². The molecule has 0 saturated heterocycles. The van der Waals surface area contributed by atoms with Gasteiger partial charge in [0.2, 0.25) is 0 Å². The number of nitrogens with zero attached hydrogens (tertiary/aromatic N) is 1. The highest BCUT2D eigenvalue weighted by molar-refractivity contribution is 5.60. The molecule has 6 nitrogen and oxygen atoms in total. The molecule has 0 saturated carbocycles. The average molecular weight is 196 g/mol. The van der Waals surface area contributed by atoms with Crippen LogP contribution < -0.4 is 22.3 Å². The number of nitrogens with one attached hydrogen (secondary N) is 2. The maximum Gasteiger partial charge on any atom is 0.330 e. The minimum Gasteiger partial charge on any atom is -0.391 e. The Balaban J connectivity index is 2.69. The Morgan fingerprint density at radius 1 is 1.29 bits per heavy atom. The zero-order valence-corrected chi connectivity index (χ0v) is 7.67. The van der Waals surface area contributed by atoms with Crippen molar-refractivity contribution in [2.24, 2.45) is 0 Å². The van der Waals surface area contributed by atoms with Crippen LogP contribution in [-0.2, 0) is 6.54 Å². The molecule has 2 heterocycles. The van der Waals surface area contributed by atoms with Gasteiger partial charge in [-0.25, -0.2) is 4.79 Å². The third-order valence-electron chi connectivity index (χ3n) is 2.34. The fraction of sp³-hybridized carbons (Fsp3) is 0.500. The lowest BCUT2D eigenvalue weighted by Crippen LogP contribution is -2.33. The molecule has 0 unspecified atom stereocenters. The molecule has 0 fully saturated rings. The highest BCUT2D eigenvalue weighted by Gasteiger charge is 2.13. The fourth-order valence-electron chi connectivity index (χ4n) is 1.59. The van der Waals surface area contributed by atoms with Gasteiger partial charge in [-0.3, -0.25) is 14.3 Å². The number of nitrogens with two attached hydrogens (primary N) is 1. The van der Waals surface area contributed by atoms with Crippen molar-refractivity contribution >= 4 is 11.5 Å². The molecule has 2 rings (SSSR count). The van der Waals surface area contributed by atoms with Crippen LogP contribution in [0.25, 0.3) is 0 Å². The van der Waals surface area contributed by atoms with Gasteiger partial charge in [-0.1, -0.05) is 0 Å². The summed E-state index contributed by atoms with van der Waals surface area (Å²) in [5.41, 5.74) is 4.75. The topological polar surface area (TPSA) is 92.9 Å². The van der Waals surface area contributed by atoms with Crippen LogP contribution in [0.4, 0.5) is 11.5 Å². The molecular weight excluding hydrogens is 184 g/mol. The molecule has 6 heteroatoms. The third-order valence-corrected chi connectivity index (χ3v) is 2.34. The van der Waals surface area contributed by atoms with Gasteiger partial charge in [-0.2, -0.15) is 0 Å². The SMILES string of the molecule is Nc1c2n(c(=O)[nH]c1=O)CCCCN2. The minimum absolute atomic E-state index is 0.0894. The standard InChI is InChI=1S/C8H12N4O2/c9-5-6-10-3-1-2-4-12(6)8(14)11-7(5)13/h10H,1-4,9H2,(H,11,13,14). The third kappa shape index (κ3) is 1.28. The molecule has 1 aliphatic rings. The lowest BCUT2D eigenvalue weighted by molar-refractivity contribution is 0.622. The van der Waals surface area contributed by atoms with Crippen LogP contribution in [0.15, 0.2) is 9.59 Å². The van der Waals surface area contributed by atoms with E-state index in [1.807, 2.05) is 0 Å². The molecule has 0 spiro atoms. The normalized spacial score (nSPS) is 15.4. The van der Waals surface area contributed by atoms with Crippen molar-refractivity contribution in [2.75, 3.05) is 17.6 Å². The molecule has 76 valence electrons. The van der Waals surface area contributed by atoms with Gasteiger partial charge < -0.3 is 11.1 Å². The summed E-state index contributed by atoms with van der Waals surface area (Å²) in [6, 6.07) is 0. The minimum atomic E-state index is -0.518. The second kappa shape index (κ2) is 3.21. The molecule has 1 aromatic rings. The lowest BCUT2D eigenvalue weighted by atomic mass is 10.3. The smallest absolute Gasteiger partial charge is 0.330 e.